The molecule has 31 heavy (non-hydrogen) atoms. The number of carbonyl (C=O) groups excluding carboxylic acids is 3. The van der Waals surface area contributed by atoms with E-state index in [1.807, 2.05) is 35.7 Å². The monoisotopic (exact) mass is 457 g/mol. The van der Waals surface area contributed by atoms with Crippen LogP contribution in [0, 0.1) is 0 Å². The molecule has 0 saturated heterocycles. The van der Waals surface area contributed by atoms with Crippen LogP contribution in [0.2, 0.25) is 5.02 Å². The Morgan fingerprint density at radius 2 is 1.81 bits per heavy atom. The molecular formula is C22H20ClN3O4S. The Morgan fingerprint density at radius 1 is 1.10 bits per heavy atom. The maximum Gasteiger partial charge on any atom is 0.308 e. The highest BCUT2D eigenvalue weighted by atomic mass is 35.5. The molecule has 0 spiro atoms. The van der Waals surface area contributed by atoms with E-state index in [0.29, 0.717) is 15.7 Å². The molecule has 0 radical (unpaired) electrons. The minimum Gasteiger partial charge on any atom is -0.452 e. The lowest BCUT2D eigenvalue weighted by molar-refractivity contribution is -0.153. The number of carbonyl (C=O) groups is 3. The van der Waals surface area contributed by atoms with Gasteiger partial charge in [0.15, 0.2) is 11.2 Å². The van der Waals surface area contributed by atoms with Gasteiger partial charge in [-0.2, -0.15) is 0 Å². The smallest absolute Gasteiger partial charge is 0.308 e. The standard InChI is InChI=1S/C22H20ClN3O4S/c1-14(20(28)26-22-25-18(13-31-22)15-5-3-2-4-6-15)30-19(27)11-12-24-21(29)16-7-9-17(23)10-8-16/h2-10,13-14H,11-12H2,1H3,(H,24,29)(H,25,26,28). The lowest BCUT2D eigenvalue weighted by atomic mass is 10.2. The number of benzene rings is 2. The van der Waals surface area contributed by atoms with Crippen LogP contribution in [0.15, 0.2) is 60.0 Å². The van der Waals surface area contributed by atoms with Crippen molar-refractivity contribution in [2.45, 2.75) is 19.4 Å². The van der Waals surface area contributed by atoms with E-state index in [2.05, 4.69) is 15.6 Å². The molecule has 2 N–H and O–H groups in total. The molecule has 0 aliphatic carbocycles. The Hall–Kier alpha value is -3.23. The molecule has 1 aromatic heterocycles. The average Bonchev–Trinajstić information content (AvgIpc) is 3.23. The molecule has 2 aromatic carbocycles. The molecule has 2 amide bonds. The lowest BCUT2D eigenvalue weighted by Crippen LogP contribution is -2.32. The van der Waals surface area contributed by atoms with Gasteiger partial charge in [-0.1, -0.05) is 41.9 Å². The number of hydrogen-bond acceptors (Lipinski definition) is 6. The van der Waals surface area contributed by atoms with Crippen LogP contribution in [0.1, 0.15) is 23.7 Å². The highest BCUT2D eigenvalue weighted by Crippen LogP contribution is 2.24. The Morgan fingerprint density at radius 3 is 2.52 bits per heavy atom. The number of ether oxygens (including phenoxy) is 1. The number of thiazole rings is 1. The highest BCUT2D eigenvalue weighted by Gasteiger charge is 2.19. The number of nitrogens with one attached hydrogen (secondary N) is 2. The molecule has 0 bridgehead atoms. The maximum atomic E-state index is 12.3. The highest BCUT2D eigenvalue weighted by molar-refractivity contribution is 7.14. The average molecular weight is 458 g/mol. The maximum absolute atomic E-state index is 12.3. The van der Waals surface area contributed by atoms with Crippen LogP contribution in [-0.2, 0) is 14.3 Å². The van der Waals surface area contributed by atoms with Crippen LogP contribution >= 0.6 is 22.9 Å². The third-order valence-electron chi connectivity index (χ3n) is 4.20. The zero-order valence-corrected chi connectivity index (χ0v) is 18.2. The van der Waals surface area contributed by atoms with Crippen LogP contribution in [0.4, 0.5) is 5.13 Å². The summed E-state index contributed by atoms with van der Waals surface area (Å²) in [4.78, 5) is 40.6. The second-order valence-electron chi connectivity index (χ2n) is 6.54. The third kappa shape index (κ3) is 6.63. The van der Waals surface area contributed by atoms with Crippen molar-refractivity contribution in [3.05, 3.63) is 70.6 Å². The minimum atomic E-state index is -0.997. The topological polar surface area (TPSA) is 97.4 Å². The van der Waals surface area contributed by atoms with E-state index in [1.54, 1.807) is 24.3 Å². The van der Waals surface area contributed by atoms with Crippen molar-refractivity contribution < 1.29 is 19.1 Å². The number of rotatable bonds is 8. The van der Waals surface area contributed by atoms with Gasteiger partial charge in [-0.25, -0.2) is 4.98 Å². The van der Waals surface area contributed by atoms with Gasteiger partial charge in [-0.05, 0) is 31.2 Å². The quantitative estimate of drug-likeness (QED) is 0.495. The minimum absolute atomic E-state index is 0.0631. The van der Waals surface area contributed by atoms with Gasteiger partial charge in [0.05, 0.1) is 12.1 Å². The van der Waals surface area contributed by atoms with Crippen LogP contribution in [0.5, 0.6) is 0 Å². The van der Waals surface area contributed by atoms with Gasteiger partial charge in [0.25, 0.3) is 11.8 Å². The summed E-state index contributed by atoms with van der Waals surface area (Å²) in [6.45, 7) is 1.56. The van der Waals surface area contributed by atoms with Crippen LogP contribution in [0.3, 0.4) is 0 Å². The van der Waals surface area contributed by atoms with Gasteiger partial charge in [-0.3, -0.25) is 19.7 Å². The first-order chi connectivity index (χ1) is 14.9. The predicted molar refractivity (Wildman–Crippen MR) is 120 cm³/mol. The molecular weight excluding hydrogens is 438 g/mol. The number of nitrogens with zero attached hydrogens (tertiary/aromatic N) is 1. The van der Waals surface area contributed by atoms with E-state index < -0.39 is 18.0 Å². The number of halogens is 1. The first-order valence-electron chi connectivity index (χ1n) is 9.47. The lowest BCUT2D eigenvalue weighted by Gasteiger charge is -2.12. The second kappa shape index (κ2) is 10.7. The molecule has 9 heteroatoms. The van der Waals surface area contributed by atoms with Crippen molar-refractivity contribution in [1.82, 2.24) is 10.3 Å². The number of hydrogen-bond donors (Lipinski definition) is 2. The molecule has 1 unspecified atom stereocenters. The van der Waals surface area contributed by atoms with Gasteiger partial charge in [-0.15, -0.1) is 11.3 Å². The molecule has 7 nitrogen and oxygen atoms in total. The number of aromatic nitrogens is 1. The van der Waals surface area contributed by atoms with Gasteiger partial charge in [0, 0.05) is 28.1 Å². The Labute approximate surface area is 188 Å². The van der Waals surface area contributed by atoms with Crippen molar-refractivity contribution in [1.29, 1.82) is 0 Å². The summed E-state index contributed by atoms with van der Waals surface area (Å²) in [6.07, 6.45) is -1.06. The molecule has 0 fully saturated rings. The SMILES string of the molecule is CC(OC(=O)CCNC(=O)c1ccc(Cl)cc1)C(=O)Nc1nc(-c2ccccc2)cs1. The largest absolute Gasteiger partial charge is 0.452 e. The van der Waals surface area contributed by atoms with E-state index in [0.717, 1.165) is 11.3 Å². The summed E-state index contributed by atoms with van der Waals surface area (Å²) in [5, 5.41) is 8.05. The first-order valence-corrected chi connectivity index (χ1v) is 10.7. The predicted octanol–water partition coefficient (Wildman–Crippen LogP) is 4.15. The normalized spacial score (nSPS) is 11.4. The Balaban J connectivity index is 1.42. The summed E-state index contributed by atoms with van der Waals surface area (Å²) < 4.78 is 5.14. The zero-order valence-electron chi connectivity index (χ0n) is 16.6. The van der Waals surface area contributed by atoms with E-state index >= 15 is 0 Å². The van der Waals surface area contributed by atoms with Crippen molar-refractivity contribution in [2.24, 2.45) is 0 Å². The molecule has 0 aliphatic heterocycles. The molecule has 160 valence electrons. The fourth-order valence-electron chi connectivity index (χ4n) is 2.57. The number of amides is 2. The summed E-state index contributed by atoms with van der Waals surface area (Å²) >= 11 is 7.07. The fraction of sp³-hybridized carbons (Fsp3) is 0.182. The second-order valence-corrected chi connectivity index (χ2v) is 7.83. The number of anilines is 1. The summed E-state index contributed by atoms with van der Waals surface area (Å²) in [5.41, 5.74) is 2.13. The van der Waals surface area contributed by atoms with Crippen molar-refractivity contribution in [3.8, 4) is 11.3 Å². The Kier molecular flexibility index (Phi) is 7.75. The van der Waals surface area contributed by atoms with Gasteiger partial charge >= 0.3 is 5.97 Å². The van der Waals surface area contributed by atoms with Gasteiger partial charge in [0.1, 0.15) is 0 Å². The van der Waals surface area contributed by atoms with Crippen molar-refractivity contribution in [2.75, 3.05) is 11.9 Å². The summed E-state index contributed by atoms with van der Waals surface area (Å²) in [6, 6.07) is 16.0. The summed E-state index contributed by atoms with van der Waals surface area (Å²) in [7, 11) is 0. The summed E-state index contributed by atoms with van der Waals surface area (Å²) in [5.74, 6) is -1.40. The molecule has 1 atom stereocenters. The molecule has 3 rings (SSSR count). The van der Waals surface area contributed by atoms with E-state index in [4.69, 9.17) is 16.3 Å². The molecule has 1 heterocycles. The van der Waals surface area contributed by atoms with E-state index in [1.165, 1.54) is 18.3 Å². The third-order valence-corrected chi connectivity index (χ3v) is 5.21. The molecule has 0 aliphatic rings. The van der Waals surface area contributed by atoms with Crippen LogP contribution in [0.25, 0.3) is 11.3 Å². The first kappa shape index (κ1) is 22.5. The van der Waals surface area contributed by atoms with Gasteiger partial charge < -0.3 is 10.1 Å². The van der Waals surface area contributed by atoms with Crippen LogP contribution < -0.4 is 10.6 Å². The van der Waals surface area contributed by atoms with Crippen molar-refractivity contribution >= 4 is 45.9 Å². The van der Waals surface area contributed by atoms with E-state index in [9.17, 15) is 14.4 Å². The Bertz CT molecular complexity index is 1050. The fourth-order valence-corrected chi connectivity index (χ4v) is 3.42. The van der Waals surface area contributed by atoms with E-state index in [-0.39, 0.29) is 18.9 Å². The molecule has 3 aromatic rings. The van der Waals surface area contributed by atoms with Gasteiger partial charge in [0.2, 0.25) is 0 Å². The number of esters is 1. The molecule has 0 saturated carbocycles. The zero-order chi connectivity index (χ0) is 22.2. The van der Waals surface area contributed by atoms with Crippen LogP contribution in [-0.4, -0.2) is 35.4 Å². The van der Waals surface area contributed by atoms with Crippen molar-refractivity contribution in [3.63, 3.8) is 0 Å².